The summed E-state index contributed by atoms with van der Waals surface area (Å²) in [6, 6.07) is 5.35. The smallest absolute Gasteiger partial charge is 0.203 e. The van der Waals surface area contributed by atoms with E-state index in [1.54, 1.807) is 12.1 Å². The van der Waals surface area contributed by atoms with Gasteiger partial charge in [0.25, 0.3) is 0 Å². The van der Waals surface area contributed by atoms with Crippen molar-refractivity contribution in [2.24, 2.45) is 5.92 Å². The molecule has 1 rings (SSSR count). The Kier molecular flexibility index (Phi) is 4.73. The van der Waals surface area contributed by atoms with Gasteiger partial charge >= 0.3 is 0 Å². The minimum atomic E-state index is -0.723. The van der Waals surface area contributed by atoms with Crippen LogP contribution in [0.2, 0.25) is 0 Å². The molecule has 17 heavy (non-hydrogen) atoms. The molecule has 1 aromatic heterocycles. The van der Waals surface area contributed by atoms with Gasteiger partial charge in [0.15, 0.2) is 0 Å². The molecular formula is C13H20N2O2. The normalized spacial score (nSPS) is 16.2. The van der Waals surface area contributed by atoms with Crippen molar-refractivity contribution >= 4 is 0 Å². The SMILES string of the molecule is CCC(C)C(C)(O)CNCc1ccc(C#N)o1. The van der Waals surface area contributed by atoms with Crippen molar-refractivity contribution < 1.29 is 9.52 Å². The first-order valence-corrected chi connectivity index (χ1v) is 5.91. The van der Waals surface area contributed by atoms with Crippen LogP contribution in [-0.4, -0.2) is 17.3 Å². The van der Waals surface area contributed by atoms with E-state index < -0.39 is 5.60 Å². The van der Waals surface area contributed by atoms with Crippen molar-refractivity contribution in [2.45, 2.75) is 39.3 Å². The summed E-state index contributed by atoms with van der Waals surface area (Å²) in [6.07, 6.45) is 0.939. The molecule has 0 aliphatic carbocycles. The molecule has 0 saturated heterocycles. The maximum absolute atomic E-state index is 10.2. The van der Waals surface area contributed by atoms with Gasteiger partial charge < -0.3 is 14.8 Å². The number of nitrogens with one attached hydrogen (secondary N) is 1. The van der Waals surface area contributed by atoms with E-state index in [0.29, 0.717) is 24.6 Å². The van der Waals surface area contributed by atoms with Crippen LogP contribution in [0.3, 0.4) is 0 Å². The van der Waals surface area contributed by atoms with E-state index >= 15 is 0 Å². The third-order valence-corrected chi connectivity index (χ3v) is 3.23. The van der Waals surface area contributed by atoms with Gasteiger partial charge in [0.05, 0.1) is 12.1 Å². The zero-order valence-corrected chi connectivity index (χ0v) is 10.7. The lowest BCUT2D eigenvalue weighted by Crippen LogP contribution is -2.42. The molecule has 4 heteroatoms. The molecule has 0 amide bonds. The minimum Gasteiger partial charge on any atom is -0.449 e. The van der Waals surface area contributed by atoms with E-state index in [-0.39, 0.29) is 5.92 Å². The number of aliphatic hydroxyl groups is 1. The van der Waals surface area contributed by atoms with E-state index in [1.165, 1.54) is 0 Å². The van der Waals surface area contributed by atoms with Crippen LogP contribution in [0.25, 0.3) is 0 Å². The van der Waals surface area contributed by atoms with Crippen molar-refractivity contribution in [3.05, 3.63) is 23.7 Å². The molecule has 0 aliphatic rings. The quantitative estimate of drug-likeness (QED) is 0.793. The fourth-order valence-corrected chi connectivity index (χ4v) is 1.59. The van der Waals surface area contributed by atoms with E-state index in [2.05, 4.69) is 12.2 Å². The fraction of sp³-hybridized carbons (Fsp3) is 0.615. The highest BCUT2D eigenvalue weighted by molar-refractivity contribution is 5.18. The molecule has 0 saturated carbocycles. The molecule has 0 bridgehead atoms. The number of furan rings is 1. The lowest BCUT2D eigenvalue weighted by Gasteiger charge is -2.29. The molecule has 0 aromatic carbocycles. The topological polar surface area (TPSA) is 69.2 Å². The molecule has 2 atom stereocenters. The van der Waals surface area contributed by atoms with Gasteiger partial charge in [-0.3, -0.25) is 0 Å². The summed E-state index contributed by atoms with van der Waals surface area (Å²) in [5, 5.41) is 21.9. The van der Waals surface area contributed by atoms with Crippen molar-refractivity contribution in [1.82, 2.24) is 5.32 Å². The van der Waals surface area contributed by atoms with Crippen LogP contribution in [-0.2, 0) is 6.54 Å². The molecule has 94 valence electrons. The Labute approximate surface area is 102 Å². The lowest BCUT2D eigenvalue weighted by molar-refractivity contribution is 0.00504. The summed E-state index contributed by atoms with van der Waals surface area (Å²) in [4.78, 5) is 0. The lowest BCUT2D eigenvalue weighted by atomic mass is 9.89. The second-order valence-electron chi connectivity index (χ2n) is 4.65. The zero-order chi connectivity index (χ0) is 12.9. The number of hydrogen-bond donors (Lipinski definition) is 2. The number of nitriles is 1. The standard InChI is InChI=1S/C13H20N2O2/c1-4-10(2)13(3,16)9-15-8-12-6-5-11(7-14)17-12/h5-6,10,15-16H,4,8-9H2,1-3H3. The van der Waals surface area contributed by atoms with Crippen molar-refractivity contribution in [1.29, 1.82) is 5.26 Å². The van der Waals surface area contributed by atoms with Gasteiger partial charge in [-0.05, 0) is 25.0 Å². The molecule has 1 aromatic rings. The molecule has 0 spiro atoms. The molecular weight excluding hydrogens is 216 g/mol. The highest BCUT2D eigenvalue weighted by Crippen LogP contribution is 2.19. The predicted octanol–water partition coefficient (Wildman–Crippen LogP) is 2.04. The molecule has 4 nitrogen and oxygen atoms in total. The first-order chi connectivity index (χ1) is 7.99. The Bertz CT molecular complexity index is 390. The van der Waals surface area contributed by atoms with Gasteiger partial charge in [0, 0.05) is 6.54 Å². The predicted molar refractivity (Wildman–Crippen MR) is 65.2 cm³/mol. The minimum absolute atomic E-state index is 0.237. The highest BCUT2D eigenvalue weighted by Gasteiger charge is 2.26. The van der Waals surface area contributed by atoms with Crippen molar-refractivity contribution in [3.63, 3.8) is 0 Å². The largest absolute Gasteiger partial charge is 0.449 e. The van der Waals surface area contributed by atoms with Crippen molar-refractivity contribution in [3.8, 4) is 6.07 Å². The van der Waals surface area contributed by atoms with Gasteiger partial charge in [-0.15, -0.1) is 0 Å². The first-order valence-electron chi connectivity index (χ1n) is 5.91. The average Bonchev–Trinajstić information content (AvgIpc) is 2.75. The van der Waals surface area contributed by atoms with Gasteiger partial charge in [0.1, 0.15) is 11.8 Å². The molecule has 2 unspecified atom stereocenters. The maximum Gasteiger partial charge on any atom is 0.203 e. The monoisotopic (exact) mass is 236 g/mol. The number of rotatable bonds is 6. The number of nitrogens with zero attached hydrogens (tertiary/aromatic N) is 1. The second-order valence-corrected chi connectivity index (χ2v) is 4.65. The van der Waals surface area contributed by atoms with Gasteiger partial charge in [-0.25, -0.2) is 0 Å². The highest BCUT2D eigenvalue weighted by atomic mass is 16.3. The summed E-state index contributed by atoms with van der Waals surface area (Å²) in [5.74, 6) is 1.26. The fourth-order valence-electron chi connectivity index (χ4n) is 1.59. The van der Waals surface area contributed by atoms with Crippen LogP contribution in [0.4, 0.5) is 0 Å². The Balaban J connectivity index is 2.40. The maximum atomic E-state index is 10.2. The van der Waals surface area contributed by atoms with Crippen LogP contribution in [0, 0.1) is 17.2 Å². The van der Waals surface area contributed by atoms with E-state index in [4.69, 9.17) is 9.68 Å². The van der Waals surface area contributed by atoms with E-state index in [0.717, 1.165) is 6.42 Å². The Hall–Kier alpha value is -1.31. The zero-order valence-electron chi connectivity index (χ0n) is 10.7. The summed E-state index contributed by atoms with van der Waals surface area (Å²) < 4.78 is 5.23. The third-order valence-electron chi connectivity index (χ3n) is 3.23. The third kappa shape index (κ3) is 3.88. The molecule has 2 N–H and O–H groups in total. The summed E-state index contributed by atoms with van der Waals surface area (Å²) in [7, 11) is 0. The van der Waals surface area contributed by atoms with Crippen molar-refractivity contribution in [2.75, 3.05) is 6.54 Å². The van der Waals surface area contributed by atoms with Crippen LogP contribution >= 0.6 is 0 Å². The average molecular weight is 236 g/mol. The Morgan fingerprint density at radius 3 is 2.82 bits per heavy atom. The first kappa shape index (κ1) is 13.8. The summed E-state index contributed by atoms with van der Waals surface area (Å²) >= 11 is 0. The van der Waals surface area contributed by atoms with Crippen LogP contribution in [0.1, 0.15) is 38.7 Å². The van der Waals surface area contributed by atoms with Crippen LogP contribution in [0.15, 0.2) is 16.5 Å². The second kappa shape index (κ2) is 5.85. The summed E-state index contributed by atoms with van der Waals surface area (Å²) in [5.41, 5.74) is -0.723. The van der Waals surface area contributed by atoms with Gasteiger partial charge in [-0.2, -0.15) is 5.26 Å². The molecule has 0 aliphatic heterocycles. The van der Waals surface area contributed by atoms with E-state index in [1.807, 2.05) is 19.9 Å². The van der Waals surface area contributed by atoms with Crippen LogP contribution in [0.5, 0.6) is 0 Å². The summed E-state index contributed by atoms with van der Waals surface area (Å²) in [6.45, 7) is 6.95. The number of hydrogen-bond acceptors (Lipinski definition) is 4. The van der Waals surface area contributed by atoms with E-state index in [9.17, 15) is 5.11 Å². The Morgan fingerprint density at radius 2 is 2.29 bits per heavy atom. The molecule has 0 radical (unpaired) electrons. The van der Waals surface area contributed by atoms with Gasteiger partial charge in [-0.1, -0.05) is 20.3 Å². The van der Waals surface area contributed by atoms with Crippen LogP contribution < -0.4 is 5.32 Å². The molecule has 0 fully saturated rings. The Morgan fingerprint density at radius 1 is 1.59 bits per heavy atom. The van der Waals surface area contributed by atoms with Gasteiger partial charge in [0.2, 0.25) is 5.76 Å². The molecule has 1 heterocycles.